The van der Waals surface area contributed by atoms with Crippen LogP contribution in [0.3, 0.4) is 0 Å². The van der Waals surface area contributed by atoms with Gasteiger partial charge in [-0.15, -0.1) is 0 Å². The zero-order chi connectivity index (χ0) is 13.2. The lowest BCUT2D eigenvalue weighted by Crippen LogP contribution is -2.49. The third-order valence-electron chi connectivity index (χ3n) is 3.68. The van der Waals surface area contributed by atoms with E-state index in [0.29, 0.717) is 6.42 Å². The summed E-state index contributed by atoms with van der Waals surface area (Å²) in [5.41, 5.74) is 3.52. The highest BCUT2D eigenvalue weighted by atomic mass is 16.3. The molecule has 0 aromatic heterocycles. The van der Waals surface area contributed by atoms with Gasteiger partial charge >= 0.3 is 0 Å². The van der Waals surface area contributed by atoms with Gasteiger partial charge in [0.1, 0.15) is 0 Å². The molecule has 0 radical (unpaired) electrons. The molecule has 1 unspecified atom stereocenters. The first-order chi connectivity index (χ1) is 7.73. The molecule has 0 aliphatic heterocycles. The van der Waals surface area contributed by atoms with Crippen molar-refractivity contribution in [2.45, 2.75) is 45.8 Å². The van der Waals surface area contributed by atoms with E-state index in [2.05, 4.69) is 50.8 Å². The van der Waals surface area contributed by atoms with E-state index in [1.165, 1.54) is 16.7 Å². The molecular formula is C15H25NO. The van der Waals surface area contributed by atoms with E-state index in [1.54, 1.807) is 0 Å². The molecule has 0 heterocycles. The first-order valence-electron chi connectivity index (χ1n) is 6.16. The Morgan fingerprint density at radius 2 is 1.59 bits per heavy atom. The molecule has 0 spiro atoms. The van der Waals surface area contributed by atoms with Gasteiger partial charge in [0.15, 0.2) is 0 Å². The highest BCUT2D eigenvalue weighted by molar-refractivity contribution is 5.29. The van der Waals surface area contributed by atoms with Crippen LogP contribution in [0.5, 0.6) is 0 Å². The maximum Gasteiger partial charge on any atom is 0.0758 e. The number of likely N-dealkylation sites (N-methyl/N-ethyl adjacent to an activating group) is 1. The molecule has 0 amide bonds. The van der Waals surface area contributed by atoms with E-state index >= 15 is 0 Å². The average molecular weight is 235 g/mol. The van der Waals surface area contributed by atoms with Crippen LogP contribution in [0.1, 0.15) is 30.5 Å². The van der Waals surface area contributed by atoms with E-state index in [0.717, 1.165) is 0 Å². The summed E-state index contributed by atoms with van der Waals surface area (Å²) < 4.78 is 0. The molecular weight excluding hydrogens is 210 g/mol. The van der Waals surface area contributed by atoms with Crippen LogP contribution in [-0.2, 0) is 6.42 Å². The van der Waals surface area contributed by atoms with Crippen LogP contribution in [0.4, 0.5) is 0 Å². The summed E-state index contributed by atoms with van der Waals surface area (Å²) in [6, 6.07) is 6.47. The molecule has 1 rings (SSSR count). The van der Waals surface area contributed by atoms with Gasteiger partial charge in [-0.1, -0.05) is 29.3 Å². The molecule has 1 aromatic rings. The smallest absolute Gasteiger partial charge is 0.0758 e. The van der Waals surface area contributed by atoms with Crippen molar-refractivity contribution < 1.29 is 5.11 Å². The Bertz CT molecular complexity index is 362. The molecule has 0 saturated heterocycles. The Morgan fingerprint density at radius 3 is 2.00 bits per heavy atom. The molecule has 0 fully saturated rings. The van der Waals surface area contributed by atoms with Crippen LogP contribution >= 0.6 is 0 Å². The van der Waals surface area contributed by atoms with E-state index in [1.807, 2.05) is 14.1 Å². The number of aryl methyl sites for hydroxylation is 2. The highest BCUT2D eigenvalue weighted by Crippen LogP contribution is 2.20. The summed E-state index contributed by atoms with van der Waals surface area (Å²) >= 11 is 0. The van der Waals surface area contributed by atoms with Crippen molar-refractivity contribution in [3.05, 3.63) is 34.9 Å². The Balaban J connectivity index is 2.84. The molecule has 1 N–H and O–H groups in total. The number of hydrogen-bond acceptors (Lipinski definition) is 2. The van der Waals surface area contributed by atoms with Crippen LogP contribution in [0.25, 0.3) is 0 Å². The summed E-state index contributed by atoms with van der Waals surface area (Å²) in [6.07, 6.45) is 0.340. The summed E-state index contributed by atoms with van der Waals surface area (Å²) in [5, 5.41) is 10.3. The number of rotatable bonds is 4. The Morgan fingerprint density at radius 1 is 1.12 bits per heavy atom. The monoisotopic (exact) mass is 235 g/mol. The fourth-order valence-electron chi connectivity index (χ4n) is 1.96. The number of aliphatic hydroxyl groups excluding tert-OH is 1. The third-order valence-corrected chi connectivity index (χ3v) is 3.68. The van der Waals surface area contributed by atoms with E-state index in [-0.39, 0.29) is 11.6 Å². The van der Waals surface area contributed by atoms with Gasteiger partial charge in [-0.3, -0.25) is 0 Å². The maximum atomic E-state index is 10.3. The highest BCUT2D eigenvalue weighted by Gasteiger charge is 2.29. The summed E-state index contributed by atoms with van der Waals surface area (Å²) in [7, 11) is 4.01. The second-order valence-corrected chi connectivity index (χ2v) is 5.76. The minimum Gasteiger partial charge on any atom is -0.391 e. The van der Waals surface area contributed by atoms with E-state index < -0.39 is 0 Å². The quantitative estimate of drug-likeness (QED) is 0.867. The molecule has 0 aliphatic carbocycles. The van der Waals surface area contributed by atoms with Crippen molar-refractivity contribution in [2.75, 3.05) is 14.1 Å². The number of nitrogens with zero attached hydrogens (tertiary/aromatic N) is 1. The molecule has 0 saturated carbocycles. The molecule has 2 heteroatoms. The standard InChI is InChI=1S/C15H25NO/c1-11-7-12(2)9-13(8-11)10-14(17)15(3,4)16(5)6/h7-9,14,17H,10H2,1-6H3. The minimum absolute atomic E-state index is 0.211. The maximum absolute atomic E-state index is 10.3. The Kier molecular flexibility index (Phi) is 4.34. The second kappa shape index (κ2) is 5.19. The van der Waals surface area contributed by atoms with Crippen LogP contribution in [0.2, 0.25) is 0 Å². The van der Waals surface area contributed by atoms with Gasteiger partial charge in [-0.05, 0) is 47.4 Å². The predicted molar refractivity (Wildman–Crippen MR) is 73.4 cm³/mol. The zero-order valence-corrected chi connectivity index (χ0v) is 11.9. The van der Waals surface area contributed by atoms with Crippen LogP contribution < -0.4 is 0 Å². The van der Waals surface area contributed by atoms with Gasteiger partial charge in [0.2, 0.25) is 0 Å². The average Bonchev–Trinajstić information content (AvgIpc) is 2.15. The lowest BCUT2D eigenvalue weighted by atomic mass is 9.90. The fourth-order valence-corrected chi connectivity index (χ4v) is 1.96. The summed E-state index contributed by atoms with van der Waals surface area (Å²) in [5.74, 6) is 0. The fraction of sp³-hybridized carbons (Fsp3) is 0.600. The van der Waals surface area contributed by atoms with Crippen molar-refractivity contribution in [3.8, 4) is 0 Å². The molecule has 0 bridgehead atoms. The van der Waals surface area contributed by atoms with Gasteiger partial charge in [0, 0.05) is 12.0 Å². The van der Waals surface area contributed by atoms with Crippen molar-refractivity contribution in [2.24, 2.45) is 0 Å². The normalized spacial score (nSPS) is 14.1. The lowest BCUT2D eigenvalue weighted by molar-refractivity contribution is 0.0182. The minimum atomic E-state index is -0.362. The zero-order valence-electron chi connectivity index (χ0n) is 11.9. The number of benzene rings is 1. The first-order valence-corrected chi connectivity index (χ1v) is 6.16. The third kappa shape index (κ3) is 3.55. The predicted octanol–water partition coefficient (Wildman–Crippen LogP) is 2.55. The van der Waals surface area contributed by atoms with Crippen LogP contribution in [-0.4, -0.2) is 35.7 Å². The second-order valence-electron chi connectivity index (χ2n) is 5.76. The van der Waals surface area contributed by atoms with E-state index in [4.69, 9.17) is 0 Å². The van der Waals surface area contributed by atoms with Crippen molar-refractivity contribution in [3.63, 3.8) is 0 Å². The largest absolute Gasteiger partial charge is 0.391 e. The molecule has 17 heavy (non-hydrogen) atoms. The van der Waals surface area contributed by atoms with Crippen molar-refractivity contribution in [1.82, 2.24) is 4.90 Å². The van der Waals surface area contributed by atoms with Gasteiger partial charge < -0.3 is 10.0 Å². The van der Waals surface area contributed by atoms with E-state index in [9.17, 15) is 5.11 Å². The lowest BCUT2D eigenvalue weighted by Gasteiger charge is -2.37. The van der Waals surface area contributed by atoms with Gasteiger partial charge in [-0.25, -0.2) is 0 Å². The Labute approximate surface area is 105 Å². The SMILES string of the molecule is Cc1cc(C)cc(CC(O)C(C)(C)N(C)C)c1. The summed E-state index contributed by atoms with van der Waals surface area (Å²) in [4.78, 5) is 2.07. The van der Waals surface area contributed by atoms with Crippen molar-refractivity contribution >= 4 is 0 Å². The Hall–Kier alpha value is -0.860. The van der Waals surface area contributed by atoms with Crippen LogP contribution in [0, 0.1) is 13.8 Å². The summed E-state index contributed by atoms with van der Waals surface area (Å²) in [6.45, 7) is 8.33. The van der Waals surface area contributed by atoms with Gasteiger partial charge in [0.25, 0.3) is 0 Å². The van der Waals surface area contributed by atoms with Gasteiger partial charge in [0.05, 0.1) is 6.10 Å². The molecule has 0 aliphatic rings. The molecule has 96 valence electrons. The molecule has 2 nitrogen and oxygen atoms in total. The first kappa shape index (κ1) is 14.2. The number of aliphatic hydroxyl groups is 1. The molecule has 1 atom stereocenters. The topological polar surface area (TPSA) is 23.5 Å². The molecule has 1 aromatic carbocycles. The van der Waals surface area contributed by atoms with Crippen molar-refractivity contribution in [1.29, 1.82) is 0 Å². The van der Waals surface area contributed by atoms with Gasteiger partial charge in [-0.2, -0.15) is 0 Å². The van der Waals surface area contributed by atoms with Crippen LogP contribution in [0.15, 0.2) is 18.2 Å². The number of hydrogen-bond donors (Lipinski definition) is 1.